The van der Waals surface area contributed by atoms with Crippen LogP contribution in [0.4, 0.5) is 11.4 Å². The molecule has 5 rings (SSSR count). The second kappa shape index (κ2) is 10.4. The Balaban J connectivity index is 1.21. The van der Waals surface area contributed by atoms with Crippen molar-refractivity contribution in [1.29, 1.82) is 0 Å². The van der Waals surface area contributed by atoms with Crippen molar-refractivity contribution in [2.75, 3.05) is 31.2 Å². The average Bonchev–Trinajstić information content (AvgIpc) is 2.87. The van der Waals surface area contributed by atoms with Gasteiger partial charge in [0.05, 0.1) is 22.5 Å². The number of halogens is 1. The molecule has 0 unspecified atom stereocenters. The molecule has 166 valence electrons. The largest absolute Gasteiger partial charge is 0.488 e. The summed E-state index contributed by atoms with van der Waals surface area (Å²) in [5.41, 5.74) is 4.38. The summed E-state index contributed by atoms with van der Waals surface area (Å²) in [5, 5.41) is 2.48. The first-order valence-electron chi connectivity index (χ1n) is 11.1. The third kappa shape index (κ3) is 5.54. The van der Waals surface area contributed by atoms with E-state index in [4.69, 9.17) is 9.47 Å². The molecule has 0 aromatic heterocycles. The van der Waals surface area contributed by atoms with E-state index in [0.29, 0.717) is 6.61 Å². The second-order valence-electron chi connectivity index (χ2n) is 8.03. The first-order valence-corrected chi connectivity index (χ1v) is 12.2. The summed E-state index contributed by atoms with van der Waals surface area (Å²) in [5.74, 6) is 0.885. The van der Waals surface area contributed by atoms with Gasteiger partial charge in [0.2, 0.25) is 0 Å². The molecule has 4 aromatic carbocycles. The third-order valence-electron chi connectivity index (χ3n) is 5.75. The number of ether oxygens (including phenoxy) is 2. The molecule has 0 radical (unpaired) electrons. The lowest BCUT2D eigenvalue weighted by Gasteiger charge is -2.28. The van der Waals surface area contributed by atoms with Gasteiger partial charge in [-0.1, -0.05) is 36.4 Å². The van der Waals surface area contributed by atoms with Crippen LogP contribution < -0.4 is 9.64 Å². The minimum atomic E-state index is 0.545. The second-order valence-corrected chi connectivity index (χ2v) is 9.20. The van der Waals surface area contributed by atoms with Crippen LogP contribution in [0.1, 0.15) is 11.1 Å². The van der Waals surface area contributed by atoms with Gasteiger partial charge in [0.1, 0.15) is 12.4 Å². The average molecular weight is 548 g/mol. The highest BCUT2D eigenvalue weighted by atomic mass is 127. The van der Waals surface area contributed by atoms with Gasteiger partial charge in [-0.2, -0.15) is 0 Å². The number of benzene rings is 4. The highest BCUT2D eigenvalue weighted by Crippen LogP contribution is 2.25. The number of nitrogens with zero attached hydrogens (tertiary/aromatic N) is 2. The molecule has 1 aliphatic rings. The number of fused-ring (bicyclic) bond motifs is 1. The topological polar surface area (TPSA) is 34.1 Å². The number of morpholine rings is 1. The Labute approximate surface area is 208 Å². The minimum Gasteiger partial charge on any atom is -0.488 e. The number of hydrogen-bond acceptors (Lipinski definition) is 4. The first kappa shape index (κ1) is 21.9. The zero-order valence-corrected chi connectivity index (χ0v) is 20.4. The first-order chi connectivity index (χ1) is 16.2. The number of aliphatic imine (C=N–C) groups is 1. The number of rotatable bonds is 6. The van der Waals surface area contributed by atoms with Gasteiger partial charge in [0.25, 0.3) is 0 Å². The molecular formula is C28H25IN2O2. The smallest absolute Gasteiger partial charge is 0.133 e. The lowest BCUT2D eigenvalue weighted by Crippen LogP contribution is -2.36. The van der Waals surface area contributed by atoms with Crippen molar-refractivity contribution < 1.29 is 9.47 Å². The number of anilines is 1. The summed E-state index contributed by atoms with van der Waals surface area (Å²) in [6, 6.07) is 29.4. The van der Waals surface area contributed by atoms with Gasteiger partial charge in [-0.25, -0.2) is 0 Å². The molecule has 0 atom stereocenters. The van der Waals surface area contributed by atoms with Crippen LogP contribution >= 0.6 is 22.6 Å². The quantitative estimate of drug-likeness (QED) is 0.201. The summed E-state index contributed by atoms with van der Waals surface area (Å²) in [7, 11) is 0. The van der Waals surface area contributed by atoms with E-state index in [1.54, 1.807) is 0 Å². The van der Waals surface area contributed by atoms with Gasteiger partial charge < -0.3 is 14.4 Å². The highest BCUT2D eigenvalue weighted by molar-refractivity contribution is 14.1. The fourth-order valence-corrected chi connectivity index (χ4v) is 4.62. The van der Waals surface area contributed by atoms with Gasteiger partial charge in [-0.15, -0.1) is 0 Å². The fourth-order valence-electron chi connectivity index (χ4n) is 3.92. The van der Waals surface area contributed by atoms with Gasteiger partial charge in [0, 0.05) is 25.0 Å². The molecule has 0 amide bonds. The van der Waals surface area contributed by atoms with Gasteiger partial charge in [0.15, 0.2) is 0 Å². The third-order valence-corrected chi connectivity index (χ3v) is 6.60. The van der Waals surface area contributed by atoms with E-state index in [-0.39, 0.29) is 0 Å². The van der Waals surface area contributed by atoms with E-state index in [1.807, 2.05) is 18.3 Å². The van der Waals surface area contributed by atoms with Crippen molar-refractivity contribution in [1.82, 2.24) is 0 Å². The van der Waals surface area contributed by atoms with Crippen molar-refractivity contribution >= 4 is 51.0 Å². The molecule has 5 heteroatoms. The Hall–Kier alpha value is -2.90. The maximum Gasteiger partial charge on any atom is 0.133 e. The molecule has 1 heterocycles. The van der Waals surface area contributed by atoms with E-state index in [2.05, 4.69) is 105 Å². The van der Waals surface area contributed by atoms with Crippen LogP contribution in [0.15, 0.2) is 89.9 Å². The number of hydrogen-bond donors (Lipinski definition) is 0. The zero-order chi connectivity index (χ0) is 22.5. The van der Waals surface area contributed by atoms with Crippen LogP contribution in [0.5, 0.6) is 5.75 Å². The standard InChI is InChI=1S/C28H25IN2O2/c29-27-18-21(19-30-25-8-10-26(11-9-25)31-13-15-32-16-14-31)6-12-28(27)33-20-22-5-7-23-3-1-2-4-24(23)17-22/h1-12,17-19H,13-16,20H2. The van der Waals surface area contributed by atoms with Crippen molar-refractivity contribution in [2.45, 2.75) is 6.61 Å². The SMILES string of the molecule is Ic1cc(C=Nc2ccc(N3CCOCC3)cc2)ccc1OCc1ccc2ccccc2c1. The Bertz CT molecular complexity index is 1260. The molecule has 0 spiro atoms. The molecule has 0 aliphatic carbocycles. The van der Waals surface area contributed by atoms with E-state index in [0.717, 1.165) is 52.4 Å². The molecule has 0 N–H and O–H groups in total. The van der Waals surface area contributed by atoms with Crippen molar-refractivity contribution in [3.05, 3.63) is 99.6 Å². The van der Waals surface area contributed by atoms with E-state index in [9.17, 15) is 0 Å². The lowest BCUT2D eigenvalue weighted by atomic mass is 10.1. The van der Waals surface area contributed by atoms with E-state index in [1.165, 1.54) is 16.5 Å². The predicted molar refractivity (Wildman–Crippen MR) is 144 cm³/mol. The minimum absolute atomic E-state index is 0.545. The van der Waals surface area contributed by atoms with Gasteiger partial charge in [-0.05, 0) is 93.0 Å². The van der Waals surface area contributed by atoms with E-state index < -0.39 is 0 Å². The fraction of sp³-hybridized carbons (Fsp3) is 0.179. The summed E-state index contributed by atoms with van der Waals surface area (Å²) >= 11 is 2.32. The van der Waals surface area contributed by atoms with Crippen molar-refractivity contribution in [2.24, 2.45) is 4.99 Å². The normalized spacial score (nSPS) is 14.2. The summed E-state index contributed by atoms with van der Waals surface area (Å²) in [4.78, 5) is 6.99. The molecule has 4 aromatic rings. The van der Waals surface area contributed by atoms with Crippen molar-refractivity contribution in [3.63, 3.8) is 0 Å². The molecular weight excluding hydrogens is 523 g/mol. The molecule has 4 nitrogen and oxygen atoms in total. The molecule has 0 saturated carbocycles. The van der Waals surface area contributed by atoms with Gasteiger partial charge >= 0.3 is 0 Å². The summed E-state index contributed by atoms with van der Waals surface area (Å²) in [6.45, 7) is 4.01. The van der Waals surface area contributed by atoms with Gasteiger partial charge in [-0.3, -0.25) is 4.99 Å². The van der Waals surface area contributed by atoms with E-state index >= 15 is 0 Å². The maximum absolute atomic E-state index is 6.09. The van der Waals surface area contributed by atoms with Crippen LogP contribution in [0.3, 0.4) is 0 Å². The Morgan fingerprint density at radius 3 is 2.45 bits per heavy atom. The predicted octanol–water partition coefficient (Wildman–Crippen LogP) is 6.61. The molecule has 33 heavy (non-hydrogen) atoms. The van der Waals surface area contributed by atoms with Crippen LogP contribution in [0, 0.1) is 3.57 Å². The van der Waals surface area contributed by atoms with Crippen LogP contribution in [0.25, 0.3) is 10.8 Å². The summed E-state index contributed by atoms with van der Waals surface area (Å²) < 4.78 is 12.6. The van der Waals surface area contributed by atoms with Crippen LogP contribution in [-0.4, -0.2) is 32.5 Å². The van der Waals surface area contributed by atoms with Crippen LogP contribution in [0.2, 0.25) is 0 Å². The molecule has 1 saturated heterocycles. The Morgan fingerprint density at radius 2 is 1.67 bits per heavy atom. The molecule has 0 bridgehead atoms. The Morgan fingerprint density at radius 1 is 0.879 bits per heavy atom. The monoisotopic (exact) mass is 548 g/mol. The molecule has 1 aliphatic heterocycles. The highest BCUT2D eigenvalue weighted by Gasteiger charge is 2.10. The van der Waals surface area contributed by atoms with Crippen LogP contribution in [-0.2, 0) is 11.3 Å². The molecule has 1 fully saturated rings. The zero-order valence-electron chi connectivity index (χ0n) is 18.3. The maximum atomic E-state index is 6.09. The Kier molecular flexibility index (Phi) is 6.88. The lowest BCUT2D eigenvalue weighted by molar-refractivity contribution is 0.122. The van der Waals surface area contributed by atoms with Crippen molar-refractivity contribution in [3.8, 4) is 5.75 Å². The summed E-state index contributed by atoms with van der Waals surface area (Å²) in [6.07, 6.45) is 1.90.